The fraction of sp³-hybridized carbons (Fsp3) is 0.500. The topological polar surface area (TPSA) is 128 Å². The highest BCUT2D eigenvalue weighted by molar-refractivity contribution is 5.93. The predicted octanol–water partition coefficient (Wildman–Crippen LogP) is 4.57. The summed E-state index contributed by atoms with van der Waals surface area (Å²) in [6.07, 6.45) is 3.54. The van der Waals surface area contributed by atoms with Gasteiger partial charge in [-0.1, -0.05) is 50.1 Å². The maximum absolute atomic E-state index is 14.2. The van der Waals surface area contributed by atoms with Crippen molar-refractivity contribution in [1.82, 2.24) is 15.5 Å². The van der Waals surface area contributed by atoms with Crippen LogP contribution in [-0.2, 0) is 20.7 Å². The average Bonchev–Trinajstić information content (AvgIpc) is 3.70. The minimum absolute atomic E-state index is 0.0835. The zero-order valence-electron chi connectivity index (χ0n) is 23.3. The smallest absolute Gasteiger partial charge is 0.408 e. The van der Waals surface area contributed by atoms with Crippen LogP contribution in [0, 0.1) is 0 Å². The van der Waals surface area contributed by atoms with Gasteiger partial charge in [0.25, 0.3) is 0 Å². The van der Waals surface area contributed by atoms with Gasteiger partial charge in [0, 0.05) is 24.6 Å². The van der Waals surface area contributed by atoms with Gasteiger partial charge in [-0.2, -0.15) is 0 Å². The number of rotatable bonds is 12. The first-order valence-corrected chi connectivity index (χ1v) is 13.7. The molecule has 0 aliphatic heterocycles. The van der Waals surface area contributed by atoms with E-state index < -0.39 is 29.7 Å². The van der Waals surface area contributed by atoms with Crippen LogP contribution in [0.5, 0.6) is 11.5 Å². The molecule has 39 heavy (non-hydrogen) atoms. The van der Waals surface area contributed by atoms with Crippen LogP contribution in [0.3, 0.4) is 0 Å². The number of unbranched alkanes of at least 4 members (excludes halogenated alkanes) is 2. The molecule has 9 heteroatoms. The standard InChI is InChI=1S/C30H41N3O6/c1-5-6-9-18-31-27(36)26(23-10-7-8-11-25(23)35)33(21-14-15-21)28(37)24(32-29(38)39-30(2,3)4)19-20-12-16-22(34)17-13-20/h7-8,10-13,16-17,21,24,26,34-35H,5-6,9,14-15,18-19H2,1-4H3,(H,31,36)(H,32,38). The molecule has 3 rings (SSSR count). The Morgan fingerprint density at radius 2 is 1.69 bits per heavy atom. The Morgan fingerprint density at radius 3 is 2.28 bits per heavy atom. The summed E-state index contributed by atoms with van der Waals surface area (Å²) in [5.41, 5.74) is 0.260. The molecule has 2 unspecified atom stereocenters. The van der Waals surface area contributed by atoms with Gasteiger partial charge in [0.05, 0.1) is 0 Å². The van der Waals surface area contributed by atoms with E-state index in [1.54, 1.807) is 51.1 Å². The minimum Gasteiger partial charge on any atom is -0.508 e. The molecule has 4 N–H and O–H groups in total. The highest BCUT2D eigenvalue weighted by Gasteiger charge is 2.44. The van der Waals surface area contributed by atoms with Crippen LogP contribution in [0.25, 0.3) is 0 Å². The molecule has 0 aromatic heterocycles. The van der Waals surface area contributed by atoms with Crippen molar-refractivity contribution in [3.05, 3.63) is 59.7 Å². The Bertz CT molecular complexity index is 1120. The molecule has 0 spiro atoms. The highest BCUT2D eigenvalue weighted by Crippen LogP contribution is 2.38. The number of phenols is 2. The first kappa shape index (κ1) is 29.8. The van der Waals surface area contributed by atoms with Crippen LogP contribution in [0.2, 0.25) is 0 Å². The molecule has 0 saturated heterocycles. The summed E-state index contributed by atoms with van der Waals surface area (Å²) in [6, 6.07) is 10.6. The molecule has 2 atom stereocenters. The lowest BCUT2D eigenvalue weighted by Crippen LogP contribution is -2.54. The number of ether oxygens (including phenoxy) is 1. The Hall–Kier alpha value is -3.75. The van der Waals surface area contributed by atoms with Gasteiger partial charge < -0.3 is 30.5 Å². The third-order valence-electron chi connectivity index (χ3n) is 6.40. The zero-order valence-corrected chi connectivity index (χ0v) is 23.3. The van der Waals surface area contributed by atoms with Gasteiger partial charge in [0.15, 0.2) is 0 Å². The number of aromatic hydroxyl groups is 2. The lowest BCUT2D eigenvalue weighted by atomic mass is 9.99. The molecule has 1 saturated carbocycles. The minimum atomic E-state index is -1.07. The number of benzene rings is 2. The summed E-state index contributed by atoms with van der Waals surface area (Å²) in [5.74, 6) is -0.831. The van der Waals surface area contributed by atoms with Crippen LogP contribution in [0.1, 0.15) is 77.0 Å². The largest absolute Gasteiger partial charge is 0.508 e. The molecular weight excluding hydrogens is 498 g/mol. The molecular formula is C30H41N3O6. The highest BCUT2D eigenvalue weighted by atomic mass is 16.6. The van der Waals surface area contributed by atoms with Gasteiger partial charge in [-0.15, -0.1) is 0 Å². The van der Waals surface area contributed by atoms with E-state index in [-0.39, 0.29) is 29.9 Å². The number of nitrogens with zero attached hydrogens (tertiary/aromatic N) is 1. The summed E-state index contributed by atoms with van der Waals surface area (Å²) in [6.45, 7) is 7.73. The second-order valence-electron chi connectivity index (χ2n) is 11.0. The lowest BCUT2D eigenvalue weighted by molar-refractivity contribution is -0.143. The molecule has 0 heterocycles. The van der Waals surface area contributed by atoms with E-state index in [2.05, 4.69) is 17.6 Å². The summed E-state index contributed by atoms with van der Waals surface area (Å²) in [4.78, 5) is 42.2. The molecule has 1 aliphatic rings. The number of carbonyl (C=O) groups is 3. The third-order valence-corrected chi connectivity index (χ3v) is 6.40. The summed E-state index contributed by atoms with van der Waals surface area (Å²) in [5, 5.41) is 26.1. The molecule has 0 radical (unpaired) electrons. The van der Waals surface area contributed by atoms with Crippen LogP contribution < -0.4 is 10.6 Å². The molecule has 3 amide bonds. The normalized spacial score (nSPS) is 14.7. The predicted molar refractivity (Wildman–Crippen MR) is 148 cm³/mol. The number of carbonyl (C=O) groups excluding carboxylic acids is 3. The molecule has 212 valence electrons. The molecule has 2 aromatic carbocycles. The maximum Gasteiger partial charge on any atom is 0.408 e. The van der Waals surface area contributed by atoms with E-state index in [0.29, 0.717) is 30.5 Å². The van der Waals surface area contributed by atoms with Crippen LogP contribution in [-0.4, -0.2) is 57.3 Å². The van der Waals surface area contributed by atoms with E-state index in [9.17, 15) is 24.6 Å². The number of alkyl carbamates (subject to hydrolysis) is 1. The average molecular weight is 540 g/mol. The van der Waals surface area contributed by atoms with Crippen molar-refractivity contribution in [2.75, 3.05) is 6.54 Å². The summed E-state index contributed by atoms with van der Waals surface area (Å²) < 4.78 is 5.44. The first-order valence-electron chi connectivity index (χ1n) is 13.7. The van der Waals surface area contributed by atoms with Crippen LogP contribution in [0.15, 0.2) is 48.5 Å². The monoisotopic (exact) mass is 539 g/mol. The van der Waals surface area contributed by atoms with Crippen molar-refractivity contribution >= 4 is 17.9 Å². The molecule has 1 fully saturated rings. The Balaban J connectivity index is 1.97. The SMILES string of the molecule is CCCCCNC(=O)C(c1ccccc1O)N(C(=O)C(Cc1ccc(O)cc1)NC(=O)OC(C)(C)C)C1CC1. The van der Waals surface area contributed by atoms with Crippen molar-refractivity contribution in [2.24, 2.45) is 0 Å². The second-order valence-corrected chi connectivity index (χ2v) is 11.0. The molecule has 9 nitrogen and oxygen atoms in total. The van der Waals surface area contributed by atoms with E-state index >= 15 is 0 Å². The molecule has 0 bridgehead atoms. The van der Waals surface area contributed by atoms with Crippen molar-refractivity contribution < 1.29 is 29.3 Å². The van der Waals surface area contributed by atoms with Crippen molar-refractivity contribution in [3.63, 3.8) is 0 Å². The second kappa shape index (κ2) is 13.4. The first-order chi connectivity index (χ1) is 18.5. The van der Waals surface area contributed by atoms with Gasteiger partial charge in [-0.3, -0.25) is 9.59 Å². The van der Waals surface area contributed by atoms with Gasteiger partial charge in [0.1, 0.15) is 29.2 Å². The Morgan fingerprint density at radius 1 is 1.03 bits per heavy atom. The van der Waals surface area contributed by atoms with E-state index in [4.69, 9.17) is 4.74 Å². The quantitative estimate of drug-likeness (QED) is 0.293. The summed E-state index contributed by atoms with van der Waals surface area (Å²) >= 11 is 0. The fourth-order valence-electron chi connectivity index (χ4n) is 4.39. The van der Waals surface area contributed by atoms with Crippen molar-refractivity contribution in [2.45, 2.75) is 89.9 Å². The Labute approximate surface area is 230 Å². The van der Waals surface area contributed by atoms with Gasteiger partial charge >= 0.3 is 6.09 Å². The lowest BCUT2D eigenvalue weighted by Gasteiger charge is -2.35. The molecule has 2 aromatic rings. The van der Waals surface area contributed by atoms with Crippen LogP contribution >= 0.6 is 0 Å². The van der Waals surface area contributed by atoms with Gasteiger partial charge in [-0.25, -0.2) is 4.79 Å². The van der Waals surface area contributed by atoms with Crippen molar-refractivity contribution in [3.8, 4) is 11.5 Å². The number of hydrogen-bond acceptors (Lipinski definition) is 6. The Kier molecular flexibility index (Phi) is 10.2. The fourth-order valence-corrected chi connectivity index (χ4v) is 4.39. The van der Waals surface area contributed by atoms with Crippen LogP contribution in [0.4, 0.5) is 4.79 Å². The zero-order chi connectivity index (χ0) is 28.6. The summed E-state index contributed by atoms with van der Waals surface area (Å²) in [7, 11) is 0. The maximum atomic E-state index is 14.2. The number of nitrogens with one attached hydrogen (secondary N) is 2. The number of hydrogen-bond donors (Lipinski definition) is 4. The van der Waals surface area contributed by atoms with E-state index in [0.717, 1.165) is 19.3 Å². The van der Waals surface area contributed by atoms with Crippen molar-refractivity contribution in [1.29, 1.82) is 0 Å². The van der Waals surface area contributed by atoms with E-state index in [1.807, 2.05) is 0 Å². The van der Waals surface area contributed by atoms with E-state index in [1.165, 1.54) is 23.1 Å². The third kappa shape index (κ3) is 8.90. The number of phenolic OH excluding ortho intramolecular Hbond substituents is 2. The number of amides is 3. The molecule has 1 aliphatic carbocycles. The van der Waals surface area contributed by atoms with Gasteiger partial charge in [0.2, 0.25) is 11.8 Å². The van der Waals surface area contributed by atoms with Gasteiger partial charge in [-0.05, 0) is 63.8 Å². The number of para-hydroxylation sites is 1.